The molecule has 1 saturated carbocycles. The van der Waals surface area contributed by atoms with E-state index in [4.69, 9.17) is 5.73 Å². The van der Waals surface area contributed by atoms with Crippen LogP contribution in [0.2, 0.25) is 0 Å². The smallest absolute Gasteiger partial charge is 0.224 e. The molecular weight excluding hydrogens is 262 g/mol. The fraction of sp³-hybridized carbons (Fsp3) is 0.588. The predicted molar refractivity (Wildman–Crippen MR) is 88.2 cm³/mol. The molecule has 0 saturated heterocycles. The van der Waals surface area contributed by atoms with E-state index in [1.54, 1.807) is 0 Å². The minimum absolute atomic E-state index is 0.0666. The van der Waals surface area contributed by atoms with E-state index >= 15 is 0 Å². The van der Waals surface area contributed by atoms with E-state index in [1.807, 2.05) is 25.1 Å². The maximum absolute atomic E-state index is 12.0. The zero-order chi connectivity index (χ0) is 15.4. The number of nitrogens with zero attached hydrogens (tertiary/aromatic N) is 1. The van der Waals surface area contributed by atoms with Crippen molar-refractivity contribution in [2.45, 2.75) is 33.1 Å². The summed E-state index contributed by atoms with van der Waals surface area (Å²) in [5.41, 5.74) is 8.28. The number of nitrogens with two attached hydrogens (primary N) is 1. The molecule has 2 atom stereocenters. The second kappa shape index (κ2) is 6.94. The number of nitrogen functional groups attached to an aromatic ring is 1. The lowest BCUT2D eigenvalue weighted by molar-refractivity contribution is -0.116. The predicted octanol–water partition coefficient (Wildman–Crippen LogP) is 2.88. The van der Waals surface area contributed by atoms with E-state index < -0.39 is 0 Å². The standard InChI is InChI=1S/C17H27N3O/c1-12-6-7-15(18)10-16(12)19-17(21)5-4-8-20(3)11-14-9-13(14)2/h6-7,10,13-14H,4-5,8-9,11,18H2,1-3H3,(H,19,21). The fourth-order valence-corrected chi connectivity index (χ4v) is 2.64. The first-order valence-corrected chi connectivity index (χ1v) is 7.80. The van der Waals surface area contributed by atoms with Crippen LogP contribution in [0.5, 0.6) is 0 Å². The zero-order valence-corrected chi connectivity index (χ0v) is 13.4. The number of aryl methyl sites for hydroxylation is 1. The normalized spacial score (nSPS) is 20.6. The van der Waals surface area contributed by atoms with Crippen LogP contribution >= 0.6 is 0 Å². The van der Waals surface area contributed by atoms with Crippen LogP contribution in [-0.4, -0.2) is 30.9 Å². The molecule has 0 bridgehead atoms. The number of amides is 1. The van der Waals surface area contributed by atoms with Gasteiger partial charge in [0, 0.05) is 24.3 Å². The van der Waals surface area contributed by atoms with Gasteiger partial charge in [-0.1, -0.05) is 13.0 Å². The van der Waals surface area contributed by atoms with Crippen molar-refractivity contribution in [2.24, 2.45) is 11.8 Å². The van der Waals surface area contributed by atoms with Crippen molar-refractivity contribution in [3.63, 3.8) is 0 Å². The number of carbonyl (C=O) groups excluding carboxylic acids is 1. The highest BCUT2D eigenvalue weighted by atomic mass is 16.1. The summed E-state index contributed by atoms with van der Waals surface area (Å²) >= 11 is 0. The van der Waals surface area contributed by atoms with E-state index in [-0.39, 0.29) is 5.91 Å². The lowest BCUT2D eigenvalue weighted by atomic mass is 10.1. The largest absolute Gasteiger partial charge is 0.399 e. The minimum Gasteiger partial charge on any atom is -0.399 e. The quantitative estimate of drug-likeness (QED) is 0.759. The molecule has 1 aromatic rings. The van der Waals surface area contributed by atoms with Crippen LogP contribution in [0.1, 0.15) is 31.7 Å². The van der Waals surface area contributed by atoms with Crippen molar-refractivity contribution in [3.05, 3.63) is 23.8 Å². The molecule has 4 heteroatoms. The highest BCUT2D eigenvalue weighted by Crippen LogP contribution is 2.37. The molecule has 2 unspecified atom stereocenters. The summed E-state index contributed by atoms with van der Waals surface area (Å²) in [6, 6.07) is 5.59. The molecule has 4 nitrogen and oxygen atoms in total. The average Bonchev–Trinajstić information content (AvgIpc) is 3.09. The van der Waals surface area contributed by atoms with Crippen molar-refractivity contribution in [1.82, 2.24) is 4.90 Å². The molecule has 3 N–H and O–H groups in total. The van der Waals surface area contributed by atoms with Crippen molar-refractivity contribution < 1.29 is 4.79 Å². The molecule has 0 aliphatic heterocycles. The third-order valence-electron chi connectivity index (χ3n) is 4.30. The molecule has 1 aromatic carbocycles. The van der Waals surface area contributed by atoms with Crippen molar-refractivity contribution in [2.75, 3.05) is 31.2 Å². The molecule has 0 radical (unpaired) electrons. The van der Waals surface area contributed by atoms with Gasteiger partial charge in [-0.15, -0.1) is 0 Å². The van der Waals surface area contributed by atoms with Crippen molar-refractivity contribution >= 4 is 17.3 Å². The van der Waals surface area contributed by atoms with Crippen LogP contribution in [-0.2, 0) is 4.79 Å². The van der Waals surface area contributed by atoms with E-state index in [1.165, 1.54) is 6.42 Å². The van der Waals surface area contributed by atoms with Crippen LogP contribution in [0.15, 0.2) is 18.2 Å². The Kier molecular flexibility index (Phi) is 5.23. The van der Waals surface area contributed by atoms with E-state index in [2.05, 4.69) is 24.2 Å². The number of nitrogens with one attached hydrogen (secondary N) is 1. The average molecular weight is 289 g/mol. The van der Waals surface area contributed by atoms with Gasteiger partial charge in [0.1, 0.15) is 0 Å². The number of hydrogen-bond acceptors (Lipinski definition) is 3. The van der Waals surface area contributed by atoms with Gasteiger partial charge in [0.25, 0.3) is 0 Å². The second-order valence-corrected chi connectivity index (χ2v) is 6.46. The Labute approximate surface area is 127 Å². The van der Waals surface area contributed by atoms with Crippen LogP contribution in [0.25, 0.3) is 0 Å². The summed E-state index contributed by atoms with van der Waals surface area (Å²) in [4.78, 5) is 14.3. The Morgan fingerprint density at radius 2 is 2.19 bits per heavy atom. The lowest BCUT2D eigenvalue weighted by Crippen LogP contribution is -2.24. The molecule has 0 heterocycles. The van der Waals surface area contributed by atoms with Gasteiger partial charge < -0.3 is 16.0 Å². The Hall–Kier alpha value is -1.55. The van der Waals surface area contributed by atoms with Gasteiger partial charge in [0.15, 0.2) is 0 Å². The third-order valence-corrected chi connectivity index (χ3v) is 4.30. The van der Waals surface area contributed by atoms with Crippen molar-refractivity contribution in [3.8, 4) is 0 Å². The minimum atomic E-state index is 0.0666. The van der Waals surface area contributed by atoms with Gasteiger partial charge in [-0.05, 0) is 62.9 Å². The first-order chi connectivity index (χ1) is 9.95. The number of benzene rings is 1. The maximum Gasteiger partial charge on any atom is 0.224 e. The summed E-state index contributed by atoms with van der Waals surface area (Å²) < 4.78 is 0. The molecule has 1 aliphatic rings. The van der Waals surface area contributed by atoms with Crippen LogP contribution < -0.4 is 11.1 Å². The summed E-state index contributed by atoms with van der Waals surface area (Å²) in [5, 5.41) is 2.95. The van der Waals surface area contributed by atoms with E-state index in [0.717, 1.165) is 42.6 Å². The number of rotatable bonds is 7. The highest BCUT2D eigenvalue weighted by molar-refractivity contribution is 5.91. The van der Waals surface area contributed by atoms with Gasteiger partial charge in [0.05, 0.1) is 0 Å². The third kappa shape index (κ3) is 5.05. The second-order valence-electron chi connectivity index (χ2n) is 6.46. The van der Waals surface area contributed by atoms with E-state index in [9.17, 15) is 4.79 Å². The summed E-state index contributed by atoms with van der Waals surface area (Å²) in [5.74, 6) is 1.83. The molecule has 1 aliphatic carbocycles. The zero-order valence-electron chi connectivity index (χ0n) is 13.4. The summed E-state index contributed by atoms with van der Waals surface area (Å²) in [6.45, 7) is 6.42. The monoisotopic (exact) mass is 289 g/mol. The Bertz CT molecular complexity index is 501. The first-order valence-electron chi connectivity index (χ1n) is 7.80. The van der Waals surface area contributed by atoms with Gasteiger partial charge in [0.2, 0.25) is 5.91 Å². The summed E-state index contributed by atoms with van der Waals surface area (Å²) in [7, 11) is 2.14. The van der Waals surface area contributed by atoms with Gasteiger partial charge in [-0.25, -0.2) is 0 Å². The molecule has 1 fully saturated rings. The Morgan fingerprint density at radius 1 is 1.48 bits per heavy atom. The SMILES string of the molecule is Cc1ccc(N)cc1NC(=O)CCCN(C)CC1CC1C. The first kappa shape index (κ1) is 15.8. The number of anilines is 2. The fourth-order valence-electron chi connectivity index (χ4n) is 2.64. The van der Waals surface area contributed by atoms with Gasteiger partial charge in [-0.3, -0.25) is 4.79 Å². The Balaban J connectivity index is 1.68. The van der Waals surface area contributed by atoms with Gasteiger partial charge in [-0.2, -0.15) is 0 Å². The number of carbonyl (C=O) groups is 1. The van der Waals surface area contributed by atoms with Crippen LogP contribution in [0, 0.1) is 18.8 Å². The highest BCUT2D eigenvalue weighted by Gasteiger charge is 2.32. The molecule has 2 rings (SSSR count). The number of hydrogen-bond donors (Lipinski definition) is 2. The Morgan fingerprint density at radius 3 is 2.86 bits per heavy atom. The molecule has 0 aromatic heterocycles. The molecule has 0 spiro atoms. The summed E-state index contributed by atoms with van der Waals surface area (Å²) in [6.07, 6.45) is 2.81. The topological polar surface area (TPSA) is 58.4 Å². The molecular formula is C17H27N3O. The maximum atomic E-state index is 12.0. The van der Waals surface area contributed by atoms with Gasteiger partial charge >= 0.3 is 0 Å². The van der Waals surface area contributed by atoms with Crippen LogP contribution in [0.4, 0.5) is 11.4 Å². The molecule has 1 amide bonds. The van der Waals surface area contributed by atoms with Crippen molar-refractivity contribution in [1.29, 1.82) is 0 Å². The van der Waals surface area contributed by atoms with Crippen LogP contribution in [0.3, 0.4) is 0 Å². The molecule has 21 heavy (non-hydrogen) atoms. The lowest BCUT2D eigenvalue weighted by Gasteiger charge is -2.16. The molecule has 116 valence electrons. The van der Waals surface area contributed by atoms with E-state index in [0.29, 0.717) is 12.1 Å².